The molecule has 4 atom stereocenters. The van der Waals surface area contributed by atoms with Crippen molar-refractivity contribution in [2.75, 3.05) is 7.05 Å². The van der Waals surface area contributed by atoms with Crippen LogP contribution in [0.3, 0.4) is 0 Å². The average Bonchev–Trinajstić information content (AvgIpc) is 2.44. The van der Waals surface area contributed by atoms with Gasteiger partial charge in [0.2, 0.25) is 0 Å². The molecule has 2 rings (SSSR count). The zero-order valence-electron chi connectivity index (χ0n) is 9.55. The number of piperidine rings is 1. The van der Waals surface area contributed by atoms with Gasteiger partial charge in [-0.1, -0.05) is 0 Å². The summed E-state index contributed by atoms with van der Waals surface area (Å²) in [6.45, 7) is 1.33. The Morgan fingerprint density at radius 3 is 2.62 bits per heavy atom. The van der Waals surface area contributed by atoms with E-state index in [4.69, 9.17) is 4.74 Å². The highest BCUT2D eigenvalue weighted by atomic mass is 16.5. The average molecular weight is 227 g/mol. The molecule has 2 saturated heterocycles. The number of ether oxygens (including phenoxy) is 1. The topological polar surface area (TPSA) is 66.8 Å². The number of carbonyl (C=O) groups excluding carboxylic acids is 1. The smallest absolute Gasteiger partial charge is 0.311 e. The van der Waals surface area contributed by atoms with Crippen LogP contribution < -0.4 is 0 Å². The molecule has 16 heavy (non-hydrogen) atoms. The zero-order valence-corrected chi connectivity index (χ0v) is 9.55. The maximum atomic E-state index is 11.3. The second-order valence-electron chi connectivity index (χ2n) is 4.71. The van der Waals surface area contributed by atoms with E-state index in [9.17, 15) is 14.7 Å². The Morgan fingerprint density at radius 1 is 1.38 bits per heavy atom. The third kappa shape index (κ3) is 1.80. The molecule has 2 fully saturated rings. The minimum Gasteiger partial charge on any atom is -0.481 e. The summed E-state index contributed by atoms with van der Waals surface area (Å²) in [5, 5.41) is 9.24. The van der Waals surface area contributed by atoms with E-state index in [2.05, 4.69) is 4.90 Å². The van der Waals surface area contributed by atoms with Gasteiger partial charge in [-0.25, -0.2) is 0 Å². The Bertz CT molecular complexity index is 317. The molecule has 0 aromatic carbocycles. The number of fused-ring (bicyclic) bond motifs is 2. The van der Waals surface area contributed by atoms with Crippen molar-refractivity contribution in [3.05, 3.63) is 0 Å². The minimum atomic E-state index is -0.858. The maximum absolute atomic E-state index is 11.3. The first-order chi connectivity index (χ1) is 7.50. The van der Waals surface area contributed by atoms with Gasteiger partial charge in [-0.3, -0.25) is 14.5 Å². The van der Waals surface area contributed by atoms with Gasteiger partial charge in [0.05, 0.1) is 0 Å². The highest BCUT2D eigenvalue weighted by molar-refractivity contribution is 5.73. The van der Waals surface area contributed by atoms with E-state index in [1.165, 1.54) is 6.92 Å². The molecule has 5 nitrogen and oxygen atoms in total. The van der Waals surface area contributed by atoms with Crippen molar-refractivity contribution in [2.24, 2.45) is 5.92 Å². The summed E-state index contributed by atoms with van der Waals surface area (Å²) >= 11 is 0. The van der Waals surface area contributed by atoms with Crippen molar-refractivity contribution in [1.82, 2.24) is 4.90 Å². The molecule has 2 bridgehead atoms. The van der Waals surface area contributed by atoms with E-state index in [0.717, 1.165) is 12.8 Å². The predicted molar refractivity (Wildman–Crippen MR) is 55.9 cm³/mol. The second kappa shape index (κ2) is 4.05. The molecule has 90 valence electrons. The van der Waals surface area contributed by atoms with Crippen LogP contribution in [0.1, 0.15) is 26.2 Å². The lowest BCUT2D eigenvalue weighted by atomic mass is 9.87. The normalized spacial score (nSPS) is 38.4. The SMILES string of the molecule is CC(=O)OC1CC2CCC(C1C(=O)O)N2C. The highest BCUT2D eigenvalue weighted by Gasteiger charge is 2.50. The molecule has 0 aromatic heterocycles. The van der Waals surface area contributed by atoms with Crippen LogP contribution in [-0.2, 0) is 14.3 Å². The Balaban J connectivity index is 2.19. The number of rotatable bonds is 2. The van der Waals surface area contributed by atoms with Crippen LogP contribution in [0.15, 0.2) is 0 Å². The Hall–Kier alpha value is -1.10. The lowest BCUT2D eigenvalue weighted by Gasteiger charge is -2.40. The first-order valence-corrected chi connectivity index (χ1v) is 5.62. The molecule has 5 heteroatoms. The molecule has 1 N–H and O–H groups in total. The van der Waals surface area contributed by atoms with E-state index >= 15 is 0 Å². The maximum Gasteiger partial charge on any atom is 0.311 e. The number of aliphatic carboxylic acids is 1. The van der Waals surface area contributed by atoms with Gasteiger partial charge in [0.1, 0.15) is 12.0 Å². The van der Waals surface area contributed by atoms with Gasteiger partial charge in [-0.05, 0) is 19.9 Å². The number of nitrogens with zero attached hydrogens (tertiary/aromatic N) is 1. The fourth-order valence-electron chi connectivity index (χ4n) is 3.08. The van der Waals surface area contributed by atoms with E-state index in [1.54, 1.807) is 0 Å². The van der Waals surface area contributed by atoms with Crippen LogP contribution in [-0.4, -0.2) is 47.2 Å². The van der Waals surface area contributed by atoms with Crippen molar-refractivity contribution < 1.29 is 19.4 Å². The molecule has 2 aliphatic rings. The molecule has 0 saturated carbocycles. The third-order valence-electron chi connectivity index (χ3n) is 3.82. The standard InChI is InChI=1S/C11H17NO4/c1-6(13)16-9-5-7-3-4-8(12(7)2)10(9)11(14)15/h7-10H,3-5H2,1-2H3,(H,14,15). The predicted octanol–water partition coefficient (Wildman–Crippen LogP) is 0.485. The van der Waals surface area contributed by atoms with E-state index in [-0.39, 0.29) is 12.0 Å². The molecule has 0 amide bonds. The molecular weight excluding hydrogens is 210 g/mol. The molecule has 0 spiro atoms. The molecule has 0 aromatic rings. The Morgan fingerprint density at radius 2 is 2.06 bits per heavy atom. The molecule has 0 aliphatic carbocycles. The van der Waals surface area contributed by atoms with E-state index < -0.39 is 18.0 Å². The van der Waals surface area contributed by atoms with Crippen LogP contribution in [0, 0.1) is 5.92 Å². The second-order valence-corrected chi connectivity index (χ2v) is 4.71. The fraction of sp³-hybridized carbons (Fsp3) is 0.818. The minimum absolute atomic E-state index is 0.0144. The Labute approximate surface area is 94.4 Å². The van der Waals surface area contributed by atoms with Gasteiger partial charge >= 0.3 is 11.9 Å². The molecule has 4 unspecified atom stereocenters. The molecule has 2 heterocycles. The van der Waals surface area contributed by atoms with Gasteiger partial charge in [-0.2, -0.15) is 0 Å². The molecular formula is C11H17NO4. The van der Waals surface area contributed by atoms with Crippen LogP contribution >= 0.6 is 0 Å². The summed E-state index contributed by atoms with van der Waals surface area (Å²) in [6, 6.07) is 0.380. The lowest BCUT2D eigenvalue weighted by molar-refractivity contribution is -0.164. The van der Waals surface area contributed by atoms with E-state index in [0.29, 0.717) is 12.5 Å². The first-order valence-electron chi connectivity index (χ1n) is 5.62. The largest absolute Gasteiger partial charge is 0.481 e. The number of esters is 1. The number of hydrogen-bond donors (Lipinski definition) is 1. The molecule has 2 aliphatic heterocycles. The quantitative estimate of drug-likeness (QED) is 0.695. The van der Waals surface area contributed by atoms with Crippen LogP contribution in [0.2, 0.25) is 0 Å². The van der Waals surface area contributed by atoms with Gasteiger partial charge in [0, 0.05) is 25.4 Å². The Kier molecular flexibility index (Phi) is 2.88. The third-order valence-corrected chi connectivity index (χ3v) is 3.82. The van der Waals surface area contributed by atoms with Gasteiger partial charge in [-0.15, -0.1) is 0 Å². The highest BCUT2D eigenvalue weighted by Crippen LogP contribution is 2.39. The monoisotopic (exact) mass is 227 g/mol. The van der Waals surface area contributed by atoms with Crippen molar-refractivity contribution >= 4 is 11.9 Å². The summed E-state index contributed by atoms with van der Waals surface area (Å²) in [5.74, 6) is -1.82. The number of hydrogen-bond acceptors (Lipinski definition) is 4. The summed E-state index contributed by atoms with van der Waals surface area (Å²) in [4.78, 5) is 24.4. The summed E-state index contributed by atoms with van der Waals surface area (Å²) in [5.41, 5.74) is 0. The number of carbonyl (C=O) groups is 2. The van der Waals surface area contributed by atoms with Crippen molar-refractivity contribution in [3.63, 3.8) is 0 Å². The number of carboxylic acids is 1. The van der Waals surface area contributed by atoms with E-state index in [1.807, 2.05) is 7.05 Å². The first kappa shape index (κ1) is 11.4. The summed E-state index contributed by atoms with van der Waals surface area (Å²) in [6.07, 6.45) is 2.08. The number of carboxylic acid groups (broad SMARTS) is 1. The van der Waals surface area contributed by atoms with Crippen molar-refractivity contribution in [1.29, 1.82) is 0 Å². The van der Waals surface area contributed by atoms with Crippen molar-refractivity contribution in [3.8, 4) is 0 Å². The summed E-state index contributed by atoms with van der Waals surface area (Å²) < 4.78 is 5.15. The van der Waals surface area contributed by atoms with Gasteiger partial charge in [0.15, 0.2) is 0 Å². The lowest BCUT2D eigenvalue weighted by Crippen LogP contribution is -2.53. The van der Waals surface area contributed by atoms with Crippen LogP contribution in [0.5, 0.6) is 0 Å². The summed E-state index contributed by atoms with van der Waals surface area (Å²) in [7, 11) is 1.96. The van der Waals surface area contributed by atoms with Gasteiger partial charge in [0.25, 0.3) is 0 Å². The van der Waals surface area contributed by atoms with Gasteiger partial charge < -0.3 is 9.84 Å². The van der Waals surface area contributed by atoms with Crippen LogP contribution in [0.4, 0.5) is 0 Å². The zero-order chi connectivity index (χ0) is 11.9. The fourth-order valence-corrected chi connectivity index (χ4v) is 3.08. The van der Waals surface area contributed by atoms with Crippen LogP contribution in [0.25, 0.3) is 0 Å². The molecule has 0 radical (unpaired) electrons. The van der Waals surface area contributed by atoms with Crippen molar-refractivity contribution in [2.45, 2.75) is 44.4 Å².